The maximum atomic E-state index is 12.3. The van der Waals surface area contributed by atoms with Gasteiger partial charge in [-0.25, -0.2) is 0 Å². The van der Waals surface area contributed by atoms with Crippen LogP contribution in [0.1, 0.15) is 24.5 Å². The predicted molar refractivity (Wildman–Crippen MR) is 97.8 cm³/mol. The van der Waals surface area contributed by atoms with E-state index in [1.54, 1.807) is 31.2 Å². The second-order valence-corrected chi connectivity index (χ2v) is 9.13. The van der Waals surface area contributed by atoms with Gasteiger partial charge in [0.2, 0.25) is 0 Å². The molecule has 1 atom stereocenters. The Morgan fingerprint density at radius 3 is 1.62 bits per heavy atom. The van der Waals surface area contributed by atoms with Crippen LogP contribution in [0.4, 0.5) is 0 Å². The summed E-state index contributed by atoms with van der Waals surface area (Å²) in [7, 11) is -7.98. The second-order valence-electron chi connectivity index (χ2n) is 5.95. The van der Waals surface area contributed by atoms with Crippen molar-refractivity contribution in [3.05, 3.63) is 59.7 Å². The van der Waals surface area contributed by atoms with Crippen molar-refractivity contribution in [1.82, 2.24) is 0 Å². The molecule has 2 aromatic carbocycles. The van der Waals surface area contributed by atoms with Gasteiger partial charge in [0.25, 0.3) is 20.2 Å². The lowest BCUT2D eigenvalue weighted by atomic mass is 10.2. The molecule has 0 N–H and O–H groups in total. The molecule has 0 heterocycles. The van der Waals surface area contributed by atoms with E-state index in [-0.39, 0.29) is 16.2 Å². The largest absolute Gasteiger partial charge is 0.297 e. The first kappa shape index (κ1) is 20.6. The van der Waals surface area contributed by atoms with Gasteiger partial charge in [-0.05, 0) is 44.5 Å². The molecular formula is C18H22O6S2. The van der Waals surface area contributed by atoms with E-state index in [9.17, 15) is 16.8 Å². The molecule has 0 saturated heterocycles. The van der Waals surface area contributed by atoms with E-state index in [0.29, 0.717) is 0 Å². The third kappa shape index (κ3) is 5.38. The molecule has 2 aromatic rings. The van der Waals surface area contributed by atoms with Crippen LogP contribution < -0.4 is 0 Å². The lowest BCUT2D eigenvalue weighted by molar-refractivity contribution is 0.134. The summed E-state index contributed by atoms with van der Waals surface area (Å²) in [6, 6.07) is 12.4. The summed E-state index contributed by atoms with van der Waals surface area (Å²) in [6.45, 7) is 4.99. The highest BCUT2D eigenvalue weighted by Gasteiger charge is 2.24. The van der Waals surface area contributed by atoms with Crippen molar-refractivity contribution in [2.24, 2.45) is 0 Å². The van der Waals surface area contributed by atoms with Crippen molar-refractivity contribution < 1.29 is 25.2 Å². The number of aryl methyl sites for hydroxylation is 2. The van der Waals surface area contributed by atoms with E-state index in [1.165, 1.54) is 24.3 Å². The molecule has 0 aromatic heterocycles. The van der Waals surface area contributed by atoms with Gasteiger partial charge in [0.1, 0.15) is 6.10 Å². The van der Waals surface area contributed by atoms with Crippen molar-refractivity contribution in [2.45, 2.75) is 43.1 Å². The zero-order valence-corrected chi connectivity index (χ0v) is 16.5. The summed E-state index contributed by atoms with van der Waals surface area (Å²) >= 11 is 0. The summed E-state index contributed by atoms with van der Waals surface area (Å²) in [5.41, 5.74) is 1.84. The number of hydrogen-bond acceptors (Lipinski definition) is 6. The Hall–Kier alpha value is -1.74. The highest BCUT2D eigenvalue weighted by Crippen LogP contribution is 2.19. The average Bonchev–Trinajstić information content (AvgIpc) is 2.59. The summed E-state index contributed by atoms with van der Waals surface area (Å²) < 4.78 is 59.2. The van der Waals surface area contributed by atoms with Gasteiger partial charge < -0.3 is 0 Å². The van der Waals surface area contributed by atoms with Crippen LogP contribution in [0, 0.1) is 13.8 Å². The maximum absolute atomic E-state index is 12.3. The monoisotopic (exact) mass is 398 g/mol. The molecule has 0 amide bonds. The number of benzene rings is 2. The molecule has 6 nitrogen and oxygen atoms in total. The van der Waals surface area contributed by atoms with Gasteiger partial charge in [-0.15, -0.1) is 0 Å². The summed E-state index contributed by atoms with van der Waals surface area (Å²) in [5.74, 6) is 0. The normalized spacial score (nSPS) is 13.5. The third-order valence-corrected chi connectivity index (χ3v) is 6.42. The van der Waals surface area contributed by atoms with Gasteiger partial charge in [-0.1, -0.05) is 42.3 Å². The van der Waals surface area contributed by atoms with Crippen molar-refractivity contribution in [3.63, 3.8) is 0 Å². The van der Waals surface area contributed by atoms with E-state index in [1.807, 2.05) is 13.8 Å². The minimum atomic E-state index is -4.00. The second kappa shape index (κ2) is 8.30. The molecule has 2 rings (SSSR count). The fourth-order valence-corrected chi connectivity index (χ4v) is 4.16. The Kier molecular flexibility index (Phi) is 6.57. The SMILES string of the molecule is CC[C@H](COS(=O)(=O)c1ccc(C)cc1)OS(=O)(=O)c1ccc(C)cc1. The minimum Gasteiger partial charge on any atom is -0.264 e. The quantitative estimate of drug-likeness (QED) is 0.635. The maximum Gasteiger partial charge on any atom is 0.297 e. The summed E-state index contributed by atoms with van der Waals surface area (Å²) in [6.07, 6.45) is -0.643. The smallest absolute Gasteiger partial charge is 0.264 e. The summed E-state index contributed by atoms with van der Waals surface area (Å²) in [4.78, 5) is 0.0299. The molecule has 0 aliphatic rings. The van der Waals surface area contributed by atoms with Crippen LogP contribution in [0.2, 0.25) is 0 Å². The highest BCUT2D eigenvalue weighted by atomic mass is 32.2. The Morgan fingerprint density at radius 1 is 0.769 bits per heavy atom. The topological polar surface area (TPSA) is 86.7 Å². The van der Waals surface area contributed by atoms with Gasteiger partial charge in [0.15, 0.2) is 0 Å². The predicted octanol–water partition coefficient (Wildman–Crippen LogP) is 3.19. The van der Waals surface area contributed by atoms with Crippen molar-refractivity contribution >= 4 is 20.2 Å². The Morgan fingerprint density at radius 2 is 1.19 bits per heavy atom. The van der Waals surface area contributed by atoms with Crippen LogP contribution in [0.3, 0.4) is 0 Å². The van der Waals surface area contributed by atoms with Crippen molar-refractivity contribution in [1.29, 1.82) is 0 Å². The number of rotatable bonds is 8. The molecule has 0 spiro atoms. The lowest BCUT2D eigenvalue weighted by Gasteiger charge is -2.16. The van der Waals surface area contributed by atoms with Gasteiger partial charge in [0.05, 0.1) is 16.4 Å². The van der Waals surface area contributed by atoms with Crippen LogP contribution in [0.25, 0.3) is 0 Å². The van der Waals surface area contributed by atoms with Gasteiger partial charge >= 0.3 is 0 Å². The van der Waals surface area contributed by atoms with Gasteiger partial charge in [-0.3, -0.25) is 8.37 Å². The molecule has 26 heavy (non-hydrogen) atoms. The average molecular weight is 399 g/mol. The van der Waals surface area contributed by atoms with Gasteiger partial charge in [0, 0.05) is 0 Å². The third-order valence-electron chi connectivity index (χ3n) is 3.75. The molecule has 0 radical (unpaired) electrons. The Balaban J connectivity index is 2.07. The zero-order valence-electron chi connectivity index (χ0n) is 14.9. The first-order valence-electron chi connectivity index (χ1n) is 8.10. The van der Waals surface area contributed by atoms with E-state index in [4.69, 9.17) is 8.37 Å². The molecular weight excluding hydrogens is 376 g/mol. The number of hydrogen-bond donors (Lipinski definition) is 0. The lowest BCUT2D eigenvalue weighted by Crippen LogP contribution is -2.25. The van der Waals surface area contributed by atoms with Crippen molar-refractivity contribution in [2.75, 3.05) is 6.61 Å². The summed E-state index contributed by atoms with van der Waals surface area (Å²) in [5, 5.41) is 0. The highest BCUT2D eigenvalue weighted by molar-refractivity contribution is 7.87. The minimum absolute atomic E-state index is 0.0133. The van der Waals surface area contributed by atoms with Crippen LogP contribution in [0.5, 0.6) is 0 Å². The Bertz CT molecular complexity index is 930. The molecule has 0 saturated carbocycles. The molecule has 0 bridgehead atoms. The molecule has 0 aliphatic carbocycles. The van der Waals surface area contributed by atoms with Crippen LogP contribution in [0.15, 0.2) is 58.3 Å². The molecule has 0 fully saturated rings. The van der Waals surface area contributed by atoms with E-state index in [2.05, 4.69) is 0 Å². The molecule has 0 aliphatic heterocycles. The first-order valence-corrected chi connectivity index (χ1v) is 10.9. The van der Waals surface area contributed by atoms with Gasteiger partial charge in [-0.2, -0.15) is 16.8 Å². The van der Waals surface area contributed by atoms with E-state index in [0.717, 1.165) is 11.1 Å². The van der Waals surface area contributed by atoms with E-state index >= 15 is 0 Å². The van der Waals surface area contributed by atoms with Crippen molar-refractivity contribution in [3.8, 4) is 0 Å². The fourth-order valence-electron chi connectivity index (χ4n) is 2.09. The molecule has 0 unspecified atom stereocenters. The first-order chi connectivity index (χ1) is 12.1. The van der Waals surface area contributed by atoms with E-state index < -0.39 is 32.9 Å². The zero-order chi connectivity index (χ0) is 19.4. The van der Waals surface area contributed by atoms with Crippen LogP contribution in [-0.4, -0.2) is 29.5 Å². The molecule has 8 heteroatoms. The fraction of sp³-hybridized carbons (Fsp3) is 0.333. The van der Waals surface area contributed by atoms with Crippen LogP contribution >= 0.6 is 0 Å². The molecule has 142 valence electrons. The van der Waals surface area contributed by atoms with Crippen LogP contribution in [-0.2, 0) is 28.6 Å². The Labute approximate surface area is 155 Å². The standard InChI is InChI=1S/C18H22O6S2/c1-4-16(24-26(21,22)18-11-7-15(3)8-12-18)13-23-25(19,20)17-9-5-14(2)6-10-17/h5-12,16H,4,13H2,1-3H3/t16-/m1/s1.